The lowest BCUT2D eigenvalue weighted by atomic mass is 10.2. The maximum atomic E-state index is 5.46. The van der Waals surface area contributed by atoms with E-state index in [0.717, 1.165) is 24.9 Å². The van der Waals surface area contributed by atoms with Gasteiger partial charge < -0.3 is 4.74 Å². The fraction of sp³-hybridized carbons (Fsp3) is 1.00. The number of hydrogen-bond acceptors (Lipinski definition) is 2. The molecule has 1 nitrogen and oxygen atoms in total. The van der Waals surface area contributed by atoms with Crippen LogP contribution in [0.2, 0.25) is 0 Å². The van der Waals surface area contributed by atoms with E-state index in [0.29, 0.717) is 5.92 Å². The molecule has 0 bridgehead atoms. The van der Waals surface area contributed by atoms with Crippen LogP contribution in [0.25, 0.3) is 0 Å². The van der Waals surface area contributed by atoms with Crippen LogP contribution in [0.3, 0.4) is 0 Å². The van der Waals surface area contributed by atoms with E-state index in [1.165, 1.54) is 5.75 Å². The molecule has 0 heterocycles. The second kappa shape index (κ2) is 7.93. The van der Waals surface area contributed by atoms with Crippen LogP contribution < -0.4 is 0 Å². The van der Waals surface area contributed by atoms with E-state index in [1.807, 2.05) is 11.8 Å². The van der Waals surface area contributed by atoms with Crippen molar-refractivity contribution in [2.45, 2.75) is 27.7 Å². The molecule has 0 aliphatic heterocycles. The molecule has 0 aromatic carbocycles. The fourth-order valence-electron chi connectivity index (χ4n) is 0.756. The molecule has 0 radical (unpaired) electrons. The van der Waals surface area contributed by atoms with Crippen molar-refractivity contribution in [1.82, 2.24) is 0 Å². The highest BCUT2D eigenvalue weighted by molar-refractivity contribution is 7.99. The minimum absolute atomic E-state index is 0.667. The van der Waals surface area contributed by atoms with Crippen molar-refractivity contribution in [2.75, 3.05) is 24.7 Å². The highest BCUT2D eigenvalue weighted by Gasteiger charge is 1.95. The third-order valence-electron chi connectivity index (χ3n) is 1.27. The molecule has 0 saturated carbocycles. The SMILES string of the molecule is CC(C)COCCSCC(C)C. The first-order chi connectivity index (χ1) is 5.63. The molecule has 12 heavy (non-hydrogen) atoms. The standard InChI is InChI=1S/C10H22OS/c1-9(2)7-11-5-6-12-8-10(3)4/h9-10H,5-8H2,1-4H3. The first-order valence-corrected chi connectivity index (χ1v) is 5.94. The molecule has 0 aliphatic rings. The molecule has 74 valence electrons. The van der Waals surface area contributed by atoms with Crippen LogP contribution in [0.5, 0.6) is 0 Å². The highest BCUT2D eigenvalue weighted by Crippen LogP contribution is 2.06. The first kappa shape index (κ1) is 12.3. The summed E-state index contributed by atoms with van der Waals surface area (Å²) in [5.41, 5.74) is 0. The Hall–Kier alpha value is 0.310. The summed E-state index contributed by atoms with van der Waals surface area (Å²) in [5.74, 6) is 3.87. The van der Waals surface area contributed by atoms with Gasteiger partial charge in [-0.25, -0.2) is 0 Å². The van der Waals surface area contributed by atoms with E-state index >= 15 is 0 Å². The summed E-state index contributed by atoms with van der Waals surface area (Å²) in [6, 6.07) is 0. The van der Waals surface area contributed by atoms with Crippen LogP contribution in [0.15, 0.2) is 0 Å². The van der Waals surface area contributed by atoms with Gasteiger partial charge in [-0.05, 0) is 17.6 Å². The lowest BCUT2D eigenvalue weighted by Crippen LogP contribution is -2.05. The molecule has 0 atom stereocenters. The average Bonchev–Trinajstić information content (AvgIpc) is 1.95. The maximum Gasteiger partial charge on any atom is 0.0556 e. The zero-order valence-electron chi connectivity index (χ0n) is 8.80. The summed E-state index contributed by atoms with van der Waals surface area (Å²) in [7, 11) is 0. The number of hydrogen-bond donors (Lipinski definition) is 0. The van der Waals surface area contributed by atoms with Gasteiger partial charge in [-0.3, -0.25) is 0 Å². The average molecular weight is 190 g/mol. The Labute approximate surface area is 81.3 Å². The van der Waals surface area contributed by atoms with Gasteiger partial charge in [-0.2, -0.15) is 11.8 Å². The summed E-state index contributed by atoms with van der Waals surface area (Å²) in [6.45, 7) is 10.7. The maximum absolute atomic E-state index is 5.46. The third-order valence-corrected chi connectivity index (χ3v) is 2.63. The predicted octanol–water partition coefficient (Wildman–Crippen LogP) is 3.05. The normalized spacial score (nSPS) is 11.5. The van der Waals surface area contributed by atoms with Crippen LogP contribution in [0.4, 0.5) is 0 Å². The molecular formula is C10H22OS. The molecule has 0 amide bonds. The Kier molecular flexibility index (Phi) is 8.14. The molecule has 2 heteroatoms. The first-order valence-electron chi connectivity index (χ1n) is 4.78. The van der Waals surface area contributed by atoms with E-state index < -0.39 is 0 Å². The molecule has 0 fully saturated rings. The molecule has 0 saturated heterocycles. The summed E-state index contributed by atoms with van der Waals surface area (Å²) < 4.78 is 5.46. The van der Waals surface area contributed by atoms with Crippen molar-refractivity contribution in [2.24, 2.45) is 11.8 Å². The van der Waals surface area contributed by atoms with Crippen molar-refractivity contribution in [3.05, 3.63) is 0 Å². The summed E-state index contributed by atoms with van der Waals surface area (Å²) >= 11 is 1.99. The van der Waals surface area contributed by atoms with Gasteiger partial charge in [0.2, 0.25) is 0 Å². The van der Waals surface area contributed by atoms with Gasteiger partial charge in [0.1, 0.15) is 0 Å². The number of ether oxygens (including phenoxy) is 1. The summed E-state index contributed by atoms with van der Waals surface area (Å²) in [6.07, 6.45) is 0. The van der Waals surface area contributed by atoms with Crippen LogP contribution in [0.1, 0.15) is 27.7 Å². The third kappa shape index (κ3) is 10.3. The number of rotatable bonds is 7. The van der Waals surface area contributed by atoms with E-state index in [4.69, 9.17) is 4.74 Å². The van der Waals surface area contributed by atoms with Crippen LogP contribution in [-0.4, -0.2) is 24.7 Å². The van der Waals surface area contributed by atoms with Gasteiger partial charge in [-0.15, -0.1) is 0 Å². The molecular weight excluding hydrogens is 168 g/mol. The lowest BCUT2D eigenvalue weighted by Gasteiger charge is -2.07. The van der Waals surface area contributed by atoms with Crippen LogP contribution in [0, 0.1) is 11.8 Å². The Balaban J connectivity index is 2.91. The smallest absolute Gasteiger partial charge is 0.0556 e. The zero-order chi connectivity index (χ0) is 9.40. The molecule has 0 aromatic rings. The van der Waals surface area contributed by atoms with Crippen molar-refractivity contribution >= 4 is 11.8 Å². The number of thioether (sulfide) groups is 1. The largest absolute Gasteiger partial charge is 0.380 e. The minimum Gasteiger partial charge on any atom is -0.380 e. The van der Waals surface area contributed by atoms with Crippen molar-refractivity contribution in [3.63, 3.8) is 0 Å². The topological polar surface area (TPSA) is 9.23 Å². The Morgan fingerprint density at radius 2 is 1.75 bits per heavy atom. The zero-order valence-corrected chi connectivity index (χ0v) is 9.62. The van der Waals surface area contributed by atoms with Crippen LogP contribution >= 0.6 is 11.8 Å². The van der Waals surface area contributed by atoms with E-state index in [2.05, 4.69) is 27.7 Å². The molecule has 0 rings (SSSR count). The van der Waals surface area contributed by atoms with Gasteiger partial charge in [0.05, 0.1) is 6.61 Å². The quantitative estimate of drug-likeness (QED) is 0.571. The fourth-order valence-corrected chi connectivity index (χ4v) is 1.63. The minimum atomic E-state index is 0.667. The van der Waals surface area contributed by atoms with Gasteiger partial charge in [0.15, 0.2) is 0 Å². The summed E-state index contributed by atoms with van der Waals surface area (Å²) in [4.78, 5) is 0. The monoisotopic (exact) mass is 190 g/mol. The van der Waals surface area contributed by atoms with E-state index in [1.54, 1.807) is 0 Å². The lowest BCUT2D eigenvalue weighted by molar-refractivity contribution is 0.124. The highest BCUT2D eigenvalue weighted by atomic mass is 32.2. The molecule has 0 N–H and O–H groups in total. The summed E-state index contributed by atoms with van der Waals surface area (Å²) in [5, 5.41) is 0. The van der Waals surface area contributed by atoms with E-state index in [-0.39, 0.29) is 0 Å². The van der Waals surface area contributed by atoms with Gasteiger partial charge >= 0.3 is 0 Å². The Morgan fingerprint density at radius 3 is 2.25 bits per heavy atom. The van der Waals surface area contributed by atoms with Crippen LogP contribution in [-0.2, 0) is 4.74 Å². The predicted molar refractivity (Wildman–Crippen MR) is 57.8 cm³/mol. The molecule has 0 unspecified atom stereocenters. The molecule has 0 aromatic heterocycles. The second-order valence-corrected chi connectivity index (χ2v) is 5.09. The molecule has 0 spiro atoms. The van der Waals surface area contributed by atoms with Crippen molar-refractivity contribution < 1.29 is 4.74 Å². The van der Waals surface area contributed by atoms with E-state index in [9.17, 15) is 0 Å². The Morgan fingerprint density at radius 1 is 1.08 bits per heavy atom. The van der Waals surface area contributed by atoms with Crippen molar-refractivity contribution in [1.29, 1.82) is 0 Å². The van der Waals surface area contributed by atoms with Gasteiger partial charge in [0.25, 0.3) is 0 Å². The molecule has 0 aliphatic carbocycles. The Bertz CT molecular complexity index is 79.8. The van der Waals surface area contributed by atoms with Crippen molar-refractivity contribution in [3.8, 4) is 0 Å². The van der Waals surface area contributed by atoms with Gasteiger partial charge in [0, 0.05) is 12.4 Å². The second-order valence-electron chi connectivity index (χ2n) is 3.94. The van der Waals surface area contributed by atoms with Gasteiger partial charge in [-0.1, -0.05) is 27.7 Å².